The van der Waals surface area contributed by atoms with Crippen LogP contribution in [0, 0.1) is 13.8 Å². The summed E-state index contributed by atoms with van der Waals surface area (Å²) in [6.45, 7) is 9.92. The maximum atomic E-state index is 13.2. The van der Waals surface area contributed by atoms with Crippen molar-refractivity contribution in [3.8, 4) is 0 Å². The van der Waals surface area contributed by atoms with E-state index in [0.29, 0.717) is 18.0 Å². The van der Waals surface area contributed by atoms with Gasteiger partial charge in [-0.3, -0.25) is 4.90 Å². The minimum absolute atomic E-state index is 0.166. The van der Waals surface area contributed by atoms with E-state index in [1.54, 1.807) is 10.4 Å². The van der Waals surface area contributed by atoms with Gasteiger partial charge in [0.1, 0.15) is 0 Å². The van der Waals surface area contributed by atoms with Gasteiger partial charge in [-0.2, -0.15) is 4.31 Å². The average Bonchev–Trinajstić information content (AvgIpc) is 2.60. The number of nitrogens with zero attached hydrogens (tertiary/aromatic N) is 2. The first kappa shape index (κ1) is 19.1. The summed E-state index contributed by atoms with van der Waals surface area (Å²) in [6.07, 6.45) is 0. The Morgan fingerprint density at radius 2 is 1.58 bits per heavy atom. The van der Waals surface area contributed by atoms with Gasteiger partial charge < -0.3 is 0 Å². The maximum Gasteiger partial charge on any atom is 0.243 e. The summed E-state index contributed by atoms with van der Waals surface area (Å²) in [5.41, 5.74) is 3.04. The van der Waals surface area contributed by atoms with Crippen molar-refractivity contribution in [1.29, 1.82) is 0 Å². The predicted molar refractivity (Wildman–Crippen MR) is 106 cm³/mol. The first-order chi connectivity index (χ1) is 12.3. The predicted octanol–water partition coefficient (Wildman–Crippen LogP) is 3.59. The van der Waals surface area contributed by atoms with Crippen molar-refractivity contribution in [2.75, 3.05) is 13.1 Å². The van der Waals surface area contributed by atoms with Crippen LogP contribution in [-0.2, 0) is 16.6 Å². The molecule has 0 saturated carbocycles. The SMILES string of the molecule is Cc1ccc(C)c(S(=O)(=O)N2CC(C)N(Cc3ccccc3)C(C)C2)c1. The lowest BCUT2D eigenvalue weighted by Crippen LogP contribution is -2.57. The van der Waals surface area contributed by atoms with Crippen LogP contribution in [0.25, 0.3) is 0 Å². The Hall–Kier alpha value is -1.69. The molecule has 1 fully saturated rings. The summed E-state index contributed by atoms with van der Waals surface area (Å²) < 4.78 is 28.1. The molecule has 2 unspecified atom stereocenters. The van der Waals surface area contributed by atoms with Gasteiger partial charge in [-0.1, -0.05) is 42.5 Å². The van der Waals surface area contributed by atoms with Crippen LogP contribution in [0.15, 0.2) is 53.4 Å². The van der Waals surface area contributed by atoms with Crippen molar-refractivity contribution in [1.82, 2.24) is 9.21 Å². The fourth-order valence-electron chi connectivity index (χ4n) is 3.73. The number of piperazine rings is 1. The largest absolute Gasteiger partial charge is 0.291 e. The standard InChI is InChI=1S/C21H28N2O2S/c1-16-10-11-17(2)21(12-16)26(24,25)22-13-18(3)23(19(4)14-22)15-20-8-6-5-7-9-20/h5-12,18-19H,13-15H2,1-4H3. The Morgan fingerprint density at radius 1 is 0.962 bits per heavy atom. The van der Waals surface area contributed by atoms with Crippen molar-refractivity contribution in [2.45, 2.75) is 51.2 Å². The van der Waals surface area contributed by atoms with Crippen molar-refractivity contribution in [3.05, 3.63) is 65.2 Å². The Kier molecular flexibility index (Phi) is 5.51. The van der Waals surface area contributed by atoms with E-state index in [-0.39, 0.29) is 12.1 Å². The van der Waals surface area contributed by atoms with Crippen LogP contribution in [0.5, 0.6) is 0 Å². The third kappa shape index (κ3) is 3.85. The first-order valence-electron chi connectivity index (χ1n) is 9.16. The Labute approximate surface area is 157 Å². The number of benzene rings is 2. The van der Waals surface area contributed by atoms with Crippen LogP contribution in [0.3, 0.4) is 0 Å². The molecule has 2 atom stereocenters. The van der Waals surface area contributed by atoms with E-state index < -0.39 is 10.0 Å². The molecule has 1 aliphatic rings. The zero-order chi connectivity index (χ0) is 18.9. The minimum atomic E-state index is -3.47. The topological polar surface area (TPSA) is 40.6 Å². The molecule has 0 amide bonds. The Bertz CT molecular complexity index is 853. The highest BCUT2D eigenvalue weighted by Crippen LogP contribution is 2.26. The highest BCUT2D eigenvalue weighted by molar-refractivity contribution is 7.89. The molecule has 4 nitrogen and oxygen atoms in total. The van der Waals surface area contributed by atoms with E-state index in [9.17, 15) is 8.42 Å². The van der Waals surface area contributed by atoms with Crippen LogP contribution >= 0.6 is 0 Å². The van der Waals surface area contributed by atoms with Gasteiger partial charge in [0.25, 0.3) is 0 Å². The molecule has 1 aliphatic heterocycles. The number of hydrogen-bond donors (Lipinski definition) is 0. The van der Waals surface area contributed by atoms with Crippen LogP contribution in [0.2, 0.25) is 0 Å². The number of hydrogen-bond acceptors (Lipinski definition) is 3. The molecule has 1 heterocycles. The lowest BCUT2D eigenvalue weighted by atomic mass is 10.1. The van der Waals surface area contributed by atoms with Crippen molar-refractivity contribution in [3.63, 3.8) is 0 Å². The van der Waals surface area contributed by atoms with Crippen molar-refractivity contribution in [2.24, 2.45) is 0 Å². The lowest BCUT2D eigenvalue weighted by molar-refractivity contribution is 0.0698. The lowest BCUT2D eigenvalue weighted by Gasteiger charge is -2.44. The fraction of sp³-hybridized carbons (Fsp3) is 0.429. The van der Waals surface area contributed by atoms with E-state index >= 15 is 0 Å². The van der Waals surface area contributed by atoms with E-state index in [0.717, 1.165) is 17.7 Å². The molecule has 140 valence electrons. The maximum absolute atomic E-state index is 13.2. The fourth-order valence-corrected chi connectivity index (χ4v) is 5.65. The molecule has 0 aromatic heterocycles. The number of sulfonamides is 1. The Balaban J connectivity index is 1.81. The average molecular weight is 373 g/mol. The van der Waals surface area contributed by atoms with Gasteiger partial charge in [-0.25, -0.2) is 8.42 Å². The van der Waals surface area contributed by atoms with Crippen molar-refractivity contribution >= 4 is 10.0 Å². The van der Waals surface area contributed by atoms with Gasteiger partial charge in [0.15, 0.2) is 0 Å². The first-order valence-corrected chi connectivity index (χ1v) is 10.6. The molecule has 2 aromatic carbocycles. The molecule has 5 heteroatoms. The summed E-state index contributed by atoms with van der Waals surface area (Å²) in [4.78, 5) is 2.83. The smallest absolute Gasteiger partial charge is 0.243 e. The van der Waals surface area contributed by atoms with Gasteiger partial charge >= 0.3 is 0 Å². The summed E-state index contributed by atoms with van der Waals surface area (Å²) in [5.74, 6) is 0. The van der Waals surface area contributed by atoms with Gasteiger partial charge in [0.05, 0.1) is 4.90 Å². The highest BCUT2D eigenvalue weighted by atomic mass is 32.2. The van der Waals surface area contributed by atoms with Crippen molar-refractivity contribution < 1.29 is 8.42 Å². The van der Waals surface area contributed by atoms with E-state index in [2.05, 4.69) is 30.9 Å². The third-order valence-corrected chi connectivity index (χ3v) is 7.21. The molecular formula is C21H28N2O2S. The van der Waals surface area contributed by atoms with Gasteiger partial charge in [-0.15, -0.1) is 0 Å². The number of aryl methyl sites for hydroxylation is 2. The van der Waals surface area contributed by atoms with Gasteiger partial charge in [0, 0.05) is 31.7 Å². The molecule has 0 aliphatic carbocycles. The second-order valence-electron chi connectivity index (χ2n) is 7.45. The molecule has 0 spiro atoms. The zero-order valence-corrected chi connectivity index (χ0v) is 16.8. The van der Waals surface area contributed by atoms with Crippen LogP contribution in [-0.4, -0.2) is 42.8 Å². The molecule has 0 N–H and O–H groups in total. The summed E-state index contributed by atoms with van der Waals surface area (Å²) in [6, 6.07) is 16.3. The third-order valence-electron chi connectivity index (χ3n) is 5.24. The van der Waals surface area contributed by atoms with E-state index in [1.807, 2.05) is 44.2 Å². The van der Waals surface area contributed by atoms with Gasteiger partial charge in [-0.05, 0) is 50.5 Å². The molecule has 0 radical (unpaired) electrons. The van der Waals surface area contributed by atoms with Gasteiger partial charge in [0.2, 0.25) is 10.0 Å². The summed E-state index contributed by atoms with van der Waals surface area (Å²) in [5, 5.41) is 0. The van der Waals surface area contributed by atoms with Crippen LogP contribution < -0.4 is 0 Å². The molecule has 3 rings (SSSR count). The minimum Gasteiger partial charge on any atom is -0.291 e. The zero-order valence-electron chi connectivity index (χ0n) is 16.0. The molecule has 2 aromatic rings. The van der Waals surface area contributed by atoms with E-state index in [1.165, 1.54) is 5.56 Å². The molecule has 1 saturated heterocycles. The second-order valence-corrected chi connectivity index (χ2v) is 9.35. The number of rotatable bonds is 4. The van der Waals surface area contributed by atoms with Crippen LogP contribution in [0.4, 0.5) is 0 Å². The highest BCUT2D eigenvalue weighted by Gasteiger charge is 2.36. The monoisotopic (exact) mass is 372 g/mol. The second kappa shape index (κ2) is 7.51. The summed E-state index contributed by atoms with van der Waals surface area (Å²) >= 11 is 0. The van der Waals surface area contributed by atoms with Crippen LogP contribution in [0.1, 0.15) is 30.5 Å². The normalized spacial score (nSPS) is 22.5. The molecular weight excluding hydrogens is 344 g/mol. The summed E-state index contributed by atoms with van der Waals surface area (Å²) in [7, 11) is -3.47. The quantitative estimate of drug-likeness (QED) is 0.823. The van der Waals surface area contributed by atoms with E-state index in [4.69, 9.17) is 0 Å². The molecule has 26 heavy (non-hydrogen) atoms. The molecule has 0 bridgehead atoms. The Morgan fingerprint density at radius 3 is 2.19 bits per heavy atom.